The van der Waals surface area contributed by atoms with Gasteiger partial charge in [0, 0.05) is 24.0 Å². The Balaban J connectivity index is 1.74. The first-order chi connectivity index (χ1) is 9.33. The molecule has 3 aromatic rings. The van der Waals surface area contributed by atoms with Crippen LogP contribution in [0.15, 0.2) is 48.1 Å². The molecular weight excluding hydrogens is 256 g/mol. The minimum absolute atomic E-state index is 0.0449. The SMILES string of the molecule is NC(Cc1ncc(-c2nccs2)[nH]1)c1ccccc1. The number of benzene rings is 1. The van der Waals surface area contributed by atoms with Crippen molar-refractivity contribution in [2.24, 2.45) is 5.73 Å². The Labute approximate surface area is 115 Å². The maximum Gasteiger partial charge on any atom is 0.141 e. The number of imidazole rings is 1. The van der Waals surface area contributed by atoms with Gasteiger partial charge in [0.25, 0.3) is 0 Å². The lowest BCUT2D eigenvalue weighted by molar-refractivity contribution is 0.695. The van der Waals surface area contributed by atoms with Crippen LogP contribution in [0.5, 0.6) is 0 Å². The van der Waals surface area contributed by atoms with Gasteiger partial charge in [-0.15, -0.1) is 11.3 Å². The predicted molar refractivity (Wildman–Crippen MR) is 76.8 cm³/mol. The van der Waals surface area contributed by atoms with Crippen molar-refractivity contribution >= 4 is 11.3 Å². The second kappa shape index (κ2) is 5.34. The van der Waals surface area contributed by atoms with E-state index in [1.165, 1.54) is 0 Å². The number of aromatic amines is 1. The van der Waals surface area contributed by atoms with Gasteiger partial charge in [-0.2, -0.15) is 0 Å². The van der Waals surface area contributed by atoms with E-state index < -0.39 is 0 Å². The predicted octanol–water partition coefficient (Wildman–Crippen LogP) is 2.78. The van der Waals surface area contributed by atoms with Gasteiger partial charge >= 0.3 is 0 Å². The Hall–Kier alpha value is -1.98. The zero-order valence-corrected chi connectivity index (χ0v) is 11.1. The number of nitrogens with zero attached hydrogens (tertiary/aromatic N) is 2. The molecule has 0 fully saturated rings. The highest BCUT2D eigenvalue weighted by atomic mass is 32.1. The third-order valence-corrected chi connectivity index (χ3v) is 3.74. The van der Waals surface area contributed by atoms with E-state index in [-0.39, 0.29) is 6.04 Å². The fraction of sp³-hybridized carbons (Fsp3) is 0.143. The van der Waals surface area contributed by atoms with Crippen molar-refractivity contribution in [3.8, 4) is 10.7 Å². The van der Waals surface area contributed by atoms with Crippen LogP contribution in [-0.2, 0) is 6.42 Å². The van der Waals surface area contributed by atoms with E-state index >= 15 is 0 Å². The number of nitrogens with two attached hydrogens (primary N) is 1. The van der Waals surface area contributed by atoms with E-state index in [1.807, 2.05) is 41.9 Å². The van der Waals surface area contributed by atoms with Crippen LogP contribution in [0.2, 0.25) is 0 Å². The molecule has 3 N–H and O–H groups in total. The maximum atomic E-state index is 6.18. The van der Waals surface area contributed by atoms with Crippen LogP contribution in [0.1, 0.15) is 17.4 Å². The molecule has 0 bridgehead atoms. The minimum Gasteiger partial charge on any atom is -0.340 e. The highest BCUT2D eigenvalue weighted by Crippen LogP contribution is 2.21. The summed E-state index contributed by atoms with van der Waals surface area (Å²) in [4.78, 5) is 11.9. The molecule has 0 aliphatic carbocycles. The molecule has 0 aliphatic heterocycles. The Morgan fingerprint density at radius 3 is 2.79 bits per heavy atom. The molecule has 4 nitrogen and oxygen atoms in total. The fourth-order valence-corrected chi connectivity index (χ4v) is 2.56. The first-order valence-electron chi connectivity index (χ1n) is 6.07. The summed E-state index contributed by atoms with van der Waals surface area (Å²) in [6, 6.07) is 10.0. The smallest absolute Gasteiger partial charge is 0.141 e. The van der Waals surface area contributed by atoms with Gasteiger partial charge in [-0.05, 0) is 5.56 Å². The molecule has 0 saturated carbocycles. The fourth-order valence-electron chi connectivity index (χ4n) is 1.96. The topological polar surface area (TPSA) is 67.6 Å². The van der Waals surface area contributed by atoms with Crippen molar-refractivity contribution in [2.75, 3.05) is 0 Å². The molecule has 0 radical (unpaired) electrons. The van der Waals surface area contributed by atoms with E-state index in [1.54, 1.807) is 17.5 Å². The van der Waals surface area contributed by atoms with Gasteiger partial charge in [-0.3, -0.25) is 0 Å². The zero-order chi connectivity index (χ0) is 13.1. The summed E-state index contributed by atoms with van der Waals surface area (Å²) in [5, 5.41) is 2.90. The highest BCUT2D eigenvalue weighted by Gasteiger charge is 2.10. The second-order valence-electron chi connectivity index (χ2n) is 4.30. The van der Waals surface area contributed by atoms with Crippen LogP contribution in [0.4, 0.5) is 0 Å². The molecule has 1 atom stereocenters. The summed E-state index contributed by atoms with van der Waals surface area (Å²) in [6.45, 7) is 0. The summed E-state index contributed by atoms with van der Waals surface area (Å²) in [5.41, 5.74) is 8.25. The third kappa shape index (κ3) is 2.72. The van der Waals surface area contributed by atoms with Crippen LogP contribution in [0.25, 0.3) is 10.7 Å². The lowest BCUT2D eigenvalue weighted by Gasteiger charge is -2.09. The number of rotatable bonds is 4. The number of aromatic nitrogens is 3. The van der Waals surface area contributed by atoms with Crippen molar-refractivity contribution in [2.45, 2.75) is 12.5 Å². The second-order valence-corrected chi connectivity index (χ2v) is 5.20. The van der Waals surface area contributed by atoms with E-state index in [4.69, 9.17) is 5.73 Å². The molecule has 0 aliphatic rings. The molecule has 1 unspecified atom stereocenters. The molecule has 19 heavy (non-hydrogen) atoms. The van der Waals surface area contributed by atoms with Gasteiger partial charge in [0.05, 0.1) is 11.9 Å². The molecule has 2 heterocycles. The number of thiazole rings is 1. The minimum atomic E-state index is -0.0449. The van der Waals surface area contributed by atoms with Crippen molar-refractivity contribution in [1.82, 2.24) is 15.0 Å². The van der Waals surface area contributed by atoms with Gasteiger partial charge in [-0.1, -0.05) is 30.3 Å². The van der Waals surface area contributed by atoms with Gasteiger partial charge in [-0.25, -0.2) is 9.97 Å². The quantitative estimate of drug-likeness (QED) is 0.766. The summed E-state index contributed by atoms with van der Waals surface area (Å²) in [6.07, 6.45) is 4.29. The molecule has 0 saturated heterocycles. The number of hydrogen-bond donors (Lipinski definition) is 2. The normalized spacial score (nSPS) is 12.5. The van der Waals surface area contributed by atoms with Gasteiger partial charge in [0.2, 0.25) is 0 Å². The van der Waals surface area contributed by atoms with E-state index in [2.05, 4.69) is 15.0 Å². The van der Waals surface area contributed by atoms with Crippen LogP contribution < -0.4 is 5.73 Å². The van der Waals surface area contributed by atoms with Crippen LogP contribution in [-0.4, -0.2) is 15.0 Å². The summed E-state index contributed by atoms with van der Waals surface area (Å²) in [5.74, 6) is 0.890. The van der Waals surface area contributed by atoms with Gasteiger partial charge in [0.1, 0.15) is 10.8 Å². The Bertz CT molecular complexity index is 631. The Morgan fingerprint density at radius 1 is 1.21 bits per heavy atom. The van der Waals surface area contributed by atoms with Gasteiger partial charge < -0.3 is 10.7 Å². The standard InChI is InChI=1S/C14H14N4S/c15-11(10-4-2-1-3-5-10)8-13-17-9-12(18-13)14-16-6-7-19-14/h1-7,9,11H,8,15H2,(H,17,18). The lowest BCUT2D eigenvalue weighted by atomic mass is 10.0. The average molecular weight is 270 g/mol. The highest BCUT2D eigenvalue weighted by molar-refractivity contribution is 7.13. The molecule has 0 amide bonds. The molecular formula is C14H14N4S. The monoisotopic (exact) mass is 270 g/mol. The Morgan fingerprint density at radius 2 is 2.05 bits per heavy atom. The zero-order valence-electron chi connectivity index (χ0n) is 10.3. The molecule has 96 valence electrons. The van der Waals surface area contributed by atoms with E-state index in [0.29, 0.717) is 6.42 Å². The van der Waals surface area contributed by atoms with E-state index in [9.17, 15) is 0 Å². The number of nitrogens with one attached hydrogen (secondary N) is 1. The average Bonchev–Trinajstić information content (AvgIpc) is 3.10. The molecule has 2 aromatic heterocycles. The molecule has 5 heteroatoms. The first-order valence-corrected chi connectivity index (χ1v) is 6.95. The summed E-state index contributed by atoms with van der Waals surface area (Å²) in [7, 11) is 0. The van der Waals surface area contributed by atoms with Gasteiger partial charge in [0.15, 0.2) is 0 Å². The van der Waals surface area contributed by atoms with Crippen LogP contribution in [0, 0.1) is 0 Å². The Kier molecular flexibility index (Phi) is 3.39. The first kappa shape index (κ1) is 12.1. The molecule has 0 spiro atoms. The van der Waals surface area contributed by atoms with E-state index in [0.717, 1.165) is 22.1 Å². The number of H-pyrrole nitrogens is 1. The van der Waals surface area contributed by atoms with Crippen molar-refractivity contribution in [1.29, 1.82) is 0 Å². The largest absolute Gasteiger partial charge is 0.340 e. The summed E-state index contributed by atoms with van der Waals surface area (Å²) < 4.78 is 0. The lowest BCUT2D eigenvalue weighted by Crippen LogP contribution is -2.13. The van der Waals surface area contributed by atoms with Crippen molar-refractivity contribution in [3.63, 3.8) is 0 Å². The third-order valence-electron chi connectivity index (χ3n) is 2.93. The summed E-state index contributed by atoms with van der Waals surface area (Å²) >= 11 is 1.59. The maximum absolute atomic E-state index is 6.18. The molecule has 3 rings (SSSR count). The number of hydrogen-bond acceptors (Lipinski definition) is 4. The van der Waals surface area contributed by atoms with Crippen molar-refractivity contribution < 1.29 is 0 Å². The van der Waals surface area contributed by atoms with Crippen molar-refractivity contribution in [3.05, 3.63) is 59.5 Å². The van der Waals surface area contributed by atoms with Crippen LogP contribution in [0.3, 0.4) is 0 Å². The van der Waals surface area contributed by atoms with Crippen LogP contribution >= 0.6 is 11.3 Å². The molecule has 1 aromatic carbocycles.